The molecule has 1 heterocycles. The van der Waals surface area contributed by atoms with Gasteiger partial charge in [-0.05, 0) is 38.8 Å². The van der Waals surface area contributed by atoms with Crippen LogP contribution in [0.15, 0.2) is 18.2 Å². The Kier molecular flexibility index (Phi) is 6.86. The predicted molar refractivity (Wildman–Crippen MR) is 102 cm³/mol. The van der Waals surface area contributed by atoms with E-state index in [0.29, 0.717) is 18.6 Å². The number of aryl methyl sites for hydroxylation is 1. The Morgan fingerprint density at radius 3 is 2.59 bits per heavy atom. The molecule has 1 amide bonds. The Balaban J connectivity index is 2.09. The standard InChI is InChI=1S/C19H27NO6S/c1-5-14(3)20(15-8-9-27(23,24)12-15)18(21)11-26-19(22)16-10-13(2)6-7-17(16)25-4/h6-7,10,14-15H,5,8-9,11-12H2,1-4H3/t14-,15+/m0/s1. The van der Waals surface area contributed by atoms with Crippen molar-refractivity contribution in [3.8, 4) is 5.75 Å². The number of hydrogen-bond acceptors (Lipinski definition) is 6. The average molecular weight is 397 g/mol. The lowest BCUT2D eigenvalue weighted by atomic mass is 10.1. The van der Waals surface area contributed by atoms with E-state index in [9.17, 15) is 18.0 Å². The zero-order valence-electron chi connectivity index (χ0n) is 16.2. The molecule has 27 heavy (non-hydrogen) atoms. The van der Waals surface area contributed by atoms with Crippen molar-refractivity contribution in [2.75, 3.05) is 25.2 Å². The van der Waals surface area contributed by atoms with Crippen LogP contribution in [0, 0.1) is 6.92 Å². The Labute approximate surface area is 160 Å². The maximum absolute atomic E-state index is 12.7. The molecule has 2 rings (SSSR count). The first kappa shape index (κ1) is 21.2. The smallest absolute Gasteiger partial charge is 0.342 e. The number of ether oxygens (including phenoxy) is 2. The van der Waals surface area contributed by atoms with E-state index in [-0.39, 0.29) is 35.1 Å². The Hall–Kier alpha value is -2.09. The number of esters is 1. The number of carbonyl (C=O) groups is 2. The van der Waals surface area contributed by atoms with Gasteiger partial charge in [-0.25, -0.2) is 13.2 Å². The number of carbonyl (C=O) groups excluding carboxylic acids is 2. The van der Waals surface area contributed by atoms with Crippen LogP contribution in [0.1, 0.15) is 42.6 Å². The number of amides is 1. The molecule has 0 spiro atoms. The summed E-state index contributed by atoms with van der Waals surface area (Å²) in [6, 6.07) is 4.61. The first-order valence-electron chi connectivity index (χ1n) is 9.01. The van der Waals surface area contributed by atoms with Gasteiger partial charge in [0.15, 0.2) is 16.4 Å². The van der Waals surface area contributed by atoms with Gasteiger partial charge >= 0.3 is 5.97 Å². The number of benzene rings is 1. The van der Waals surface area contributed by atoms with Gasteiger partial charge in [-0.1, -0.05) is 18.6 Å². The van der Waals surface area contributed by atoms with Crippen molar-refractivity contribution in [1.29, 1.82) is 0 Å². The Morgan fingerprint density at radius 1 is 1.33 bits per heavy atom. The van der Waals surface area contributed by atoms with Gasteiger partial charge in [0, 0.05) is 12.1 Å². The van der Waals surface area contributed by atoms with Gasteiger partial charge in [0.05, 0.1) is 18.6 Å². The van der Waals surface area contributed by atoms with Gasteiger partial charge in [-0.3, -0.25) is 4.79 Å². The number of methoxy groups -OCH3 is 1. The van der Waals surface area contributed by atoms with E-state index in [1.54, 1.807) is 17.0 Å². The van der Waals surface area contributed by atoms with Crippen molar-refractivity contribution < 1.29 is 27.5 Å². The van der Waals surface area contributed by atoms with E-state index in [2.05, 4.69) is 0 Å². The maximum Gasteiger partial charge on any atom is 0.342 e. The van der Waals surface area contributed by atoms with Crippen LogP contribution in [0.5, 0.6) is 5.75 Å². The van der Waals surface area contributed by atoms with Crippen molar-refractivity contribution in [2.24, 2.45) is 0 Å². The third kappa shape index (κ3) is 5.22. The summed E-state index contributed by atoms with van der Waals surface area (Å²) in [5, 5.41) is 0. The van der Waals surface area contributed by atoms with Crippen molar-refractivity contribution in [1.82, 2.24) is 4.90 Å². The number of rotatable bonds is 7. The molecule has 2 atom stereocenters. The Morgan fingerprint density at radius 2 is 2.04 bits per heavy atom. The zero-order valence-corrected chi connectivity index (χ0v) is 17.0. The molecule has 0 aliphatic carbocycles. The fourth-order valence-corrected chi connectivity index (χ4v) is 4.97. The quantitative estimate of drug-likeness (QED) is 0.654. The van der Waals surface area contributed by atoms with Crippen LogP contribution >= 0.6 is 0 Å². The summed E-state index contributed by atoms with van der Waals surface area (Å²) in [5.74, 6) is -0.613. The van der Waals surface area contributed by atoms with Crippen molar-refractivity contribution in [3.63, 3.8) is 0 Å². The summed E-state index contributed by atoms with van der Waals surface area (Å²) in [6.45, 7) is 5.20. The fourth-order valence-electron chi connectivity index (χ4n) is 3.26. The van der Waals surface area contributed by atoms with Gasteiger partial charge in [0.1, 0.15) is 11.3 Å². The van der Waals surface area contributed by atoms with Gasteiger partial charge in [-0.2, -0.15) is 0 Å². The molecule has 8 heteroatoms. The third-order valence-electron chi connectivity index (χ3n) is 4.86. The minimum absolute atomic E-state index is 0.0390. The van der Waals surface area contributed by atoms with Crippen LogP contribution in [0.3, 0.4) is 0 Å². The molecule has 0 radical (unpaired) electrons. The third-order valence-corrected chi connectivity index (χ3v) is 6.61. The molecule has 1 saturated heterocycles. The van der Waals surface area contributed by atoms with E-state index >= 15 is 0 Å². The average Bonchev–Trinajstić information content (AvgIpc) is 2.98. The van der Waals surface area contributed by atoms with E-state index in [0.717, 1.165) is 5.56 Å². The molecular formula is C19H27NO6S. The van der Waals surface area contributed by atoms with Crippen LogP contribution in [-0.4, -0.2) is 62.5 Å². The van der Waals surface area contributed by atoms with E-state index in [4.69, 9.17) is 9.47 Å². The summed E-state index contributed by atoms with van der Waals surface area (Å²) in [4.78, 5) is 26.7. The lowest BCUT2D eigenvalue weighted by Crippen LogP contribution is -2.48. The van der Waals surface area contributed by atoms with Crippen LogP contribution in [0.4, 0.5) is 0 Å². The molecule has 150 valence electrons. The highest BCUT2D eigenvalue weighted by Crippen LogP contribution is 2.23. The normalized spacial score (nSPS) is 19.3. The number of sulfone groups is 1. The zero-order chi connectivity index (χ0) is 20.2. The van der Waals surface area contributed by atoms with Crippen molar-refractivity contribution in [2.45, 2.75) is 45.7 Å². The van der Waals surface area contributed by atoms with E-state index < -0.39 is 22.4 Å². The highest BCUT2D eigenvalue weighted by molar-refractivity contribution is 7.91. The second-order valence-electron chi connectivity index (χ2n) is 6.90. The summed E-state index contributed by atoms with van der Waals surface area (Å²) >= 11 is 0. The molecule has 1 aliphatic rings. The molecule has 7 nitrogen and oxygen atoms in total. The largest absolute Gasteiger partial charge is 0.496 e. The van der Waals surface area contributed by atoms with Crippen molar-refractivity contribution in [3.05, 3.63) is 29.3 Å². The Bertz CT molecular complexity index is 804. The summed E-state index contributed by atoms with van der Waals surface area (Å²) < 4.78 is 34.0. The first-order valence-corrected chi connectivity index (χ1v) is 10.8. The fraction of sp³-hybridized carbons (Fsp3) is 0.579. The van der Waals surface area contributed by atoms with Gasteiger partial charge in [0.25, 0.3) is 5.91 Å². The van der Waals surface area contributed by atoms with Crippen molar-refractivity contribution >= 4 is 21.7 Å². The van der Waals surface area contributed by atoms with Gasteiger partial charge < -0.3 is 14.4 Å². The predicted octanol–water partition coefficient (Wildman–Crippen LogP) is 1.97. The second kappa shape index (κ2) is 8.73. The lowest BCUT2D eigenvalue weighted by molar-refractivity contribution is -0.138. The van der Waals surface area contributed by atoms with E-state index in [1.807, 2.05) is 26.8 Å². The second-order valence-corrected chi connectivity index (χ2v) is 9.12. The van der Waals surface area contributed by atoms with E-state index in [1.165, 1.54) is 7.11 Å². The minimum Gasteiger partial charge on any atom is -0.496 e. The molecule has 0 N–H and O–H groups in total. The first-order chi connectivity index (χ1) is 12.7. The summed E-state index contributed by atoms with van der Waals surface area (Å²) in [7, 11) is -1.67. The summed E-state index contributed by atoms with van der Waals surface area (Å²) in [6.07, 6.45) is 1.10. The minimum atomic E-state index is -3.12. The monoisotopic (exact) mass is 397 g/mol. The van der Waals surface area contributed by atoms with Crippen LogP contribution < -0.4 is 4.74 Å². The molecule has 1 fully saturated rings. The highest BCUT2D eigenvalue weighted by Gasteiger charge is 2.36. The van der Waals surface area contributed by atoms with Gasteiger partial charge in [0.2, 0.25) is 0 Å². The number of nitrogens with zero attached hydrogens (tertiary/aromatic N) is 1. The molecule has 1 aromatic carbocycles. The van der Waals surface area contributed by atoms with Crippen LogP contribution in [0.25, 0.3) is 0 Å². The van der Waals surface area contributed by atoms with Crippen LogP contribution in [-0.2, 0) is 19.4 Å². The number of hydrogen-bond donors (Lipinski definition) is 0. The maximum atomic E-state index is 12.7. The molecule has 1 aliphatic heterocycles. The SMILES string of the molecule is CC[C@H](C)N(C(=O)COC(=O)c1cc(C)ccc1OC)[C@@H]1CCS(=O)(=O)C1. The van der Waals surface area contributed by atoms with Gasteiger partial charge in [-0.15, -0.1) is 0 Å². The topological polar surface area (TPSA) is 90.0 Å². The molecule has 0 bridgehead atoms. The summed E-state index contributed by atoms with van der Waals surface area (Å²) in [5.41, 5.74) is 1.12. The van der Waals surface area contributed by atoms with Crippen LogP contribution in [0.2, 0.25) is 0 Å². The molecular weight excluding hydrogens is 370 g/mol. The molecule has 0 aromatic heterocycles. The molecule has 0 saturated carbocycles. The molecule has 1 aromatic rings. The highest BCUT2D eigenvalue weighted by atomic mass is 32.2. The lowest BCUT2D eigenvalue weighted by Gasteiger charge is -2.33. The molecule has 0 unspecified atom stereocenters.